The van der Waals surface area contributed by atoms with Crippen LogP contribution in [0, 0.1) is 0 Å². The van der Waals surface area contributed by atoms with Crippen LogP contribution >= 0.6 is 0 Å². The lowest BCUT2D eigenvalue weighted by Crippen LogP contribution is -2.45. The van der Waals surface area contributed by atoms with Gasteiger partial charge in [-0.2, -0.15) is 0 Å². The van der Waals surface area contributed by atoms with E-state index < -0.39 is 6.16 Å². The number of benzene rings is 1. The molecule has 3 aliphatic rings. The smallest absolute Gasteiger partial charge is 0.449 e. The van der Waals surface area contributed by atoms with Gasteiger partial charge in [0.1, 0.15) is 5.76 Å². The minimum Gasteiger partial charge on any atom is -0.449 e. The second-order valence-corrected chi connectivity index (χ2v) is 9.21. The van der Waals surface area contributed by atoms with Crippen LogP contribution in [0.5, 0.6) is 0 Å². The number of aryl methyl sites for hydroxylation is 1. The molecule has 2 aromatic rings. The fraction of sp³-hybridized carbons (Fsp3) is 0.385. The normalized spacial score (nSPS) is 19.8. The first-order chi connectivity index (χ1) is 17.0. The number of ether oxygens (including phenoxy) is 1. The number of anilines is 1. The molecule has 182 valence electrons. The standard InChI is InChI=1S/C26H29N5O4/c1-29(20-8-12-30(13-9-20)21-6-10-27-11-7-21)25(32)19-3-2-18-4-5-24(23(18)14-19)31-16-22(15-28-17-31)35-26(33)34/h2-3,6-7,10-11,14-15,17,20,24H,4-5,8-9,12-13,16H2,1H3,(H,33,34). The third-order valence-electron chi connectivity index (χ3n) is 7.19. The summed E-state index contributed by atoms with van der Waals surface area (Å²) >= 11 is 0. The van der Waals surface area contributed by atoms with Crippen LogP contribution in [0.3, 0.4) is 0 Å². The van der Waals surface area contributed by atoms with Crippen molar-refractivity contribution in [2.24, 2.45) is 4.99 Å². The first-order valence-corrected chi connectivity index (χ1v) is 11.9. The molecule has 1 aliphatic carbocycles. The van der Waals surface area contributed by atoms with E-state index in [0.717, 1.165) is 44.3 Å². The van der Waals surface area contributed by atoms with Crippen molar-refractivity contribution in [3.63, 3.8) is 0 Å². The summed E-state index contributed by atoms with van der Waals surface area (Å²) < 4.78 is 4.82. The molecule has 2 aliphatic heterocycles. The predicted octanol–water partition coefficient (Wildman–Crippen LogP) is 3.69. The predicted molar refractivity (Wildman–Crippen MR) is 131 cm³/mol. The molecular weight excluding hydrogens is 446 g/mol. The molecular formula is C26H29N5O4. The van der Waals surface area contributed by atoms with Crippen molar-refractivity contribution in [2.45, 2.75) is 37.8 Å². The van der Waals surface area contributed by atoms with Crippen LogP contribution in [0.2, 0.25) is 0 Å². The molecule has 0 radical (unpaired) electrons. The van der Waals surface area contributed by atoms with Gasteiger partial charge in [0.15, 0.2) is 0 Å². The molecule has 35 heavy (non-hydrogen) atoms. The van der Waals surface area contributed by atoms with Crippen LogP contribution < -0.4 is 4.90 Å². The minimum atomic E-state index is -1.34. The average molecular weight is 476 g/mol. The molecule has 1 unspecified atom stereocenters. The van der Waals surface area contributed by atoms with E-state index in [9.17, 15) is 9.59 Å². The number of rotatable bonds is 5. The Morgan fingerprint density at radius 3 is 2.63 bits per heavy atom. The monoisotopic (exact) mass is 475 g/mol. The number of carboxylic acid groups (broad SMARTS) is 1. The van der Waals surface area contributed by atoms with Gasteiger partial charge in [-0.3, -0.25) is 9.78 Å². The van der Waals surface area contributed by atoms with Gasteiger partial charge in [-0.05, 0) is 61.1 Å². The minimum absolute atomic E-state index is 0.0245. The molecule has 0 bridgehead atoms. The van der Waals surface area contributed by atoms with Crippen molar-refractivity contribution in [1.82, 2.24) is 14.8 Å². The van der Waals surface area contributed by atoms with Crippen molar-refractivity contribution < 1.29 is 19.4 Å². The zero-order valence-corrected chi connectivity index (χ0v) is 19.7. The molecule has 1 saturated heterocycles. The van der Waals surface area contributed by atoms with Crippen molar-refractivity contribution in [1.29, 1.82) is 0 Å². The Kier molecular flexibility index (Phi) is 6.39. The molecule has 0 spiro atoms. The van der Waals surface area contributed by atoms with E-state index in [4.69, 9.17) is 9.84 Å². The van der Waals surface area contributed by atoms with E-state index in [1.54, 1.807) is 6.34 Å². The number of aliphatic imine (C=N–C) groups is 1. The second kappa shape index (κ2) is 9.77. The number of piperidine rings is 1. The van der Waals surface area contributed by atoms with E-state index in [2.05, 4.69) is 14.9 Å². The van der Waals surface area contributed by atoms with E-state index in [1.807, 2.05) is 59.6 Å². The fourth-order valence-electron chi connectivity index (χ4n) is 5.32. The highest BCUT2D eigenvalue weighted by Crippen LogP contribution is 2.37. The summed E-state index contributed by atoms with van der Waals surface area (Å²) in [4.78, 5) is 38.8. The third-order valence-corrected chi connectivity index (χ3v) is 7.19. The SMILES string of the molecule is CN(C(=O)c1ccc2c(c1)C(N1C=NC=C(OC(=O)O)C1)CC2)C1CCN(c2ccncc2)CC1. The Balaban J connectivity index is 1.25. The maximum Gasteiger partial charge on any atom is 0.511 e. The molecule has 1 aromatic carbocycles. The molecule has 9 heteroatoms. The van der Waals surface area contributed by atoms with Gasteiger partial charge in [0.05, 0.1) is 25.1 Å². The van der Waals surface area contributed by atoms with Gasteiger partial charge < -0.3 is 24.5 Å². The van der Waals surface area contributed by atoms with Crippen LogP contribution in [0.15, 0.2) is 59.7 Å². The van der Waals surface area contributed by atoms with Crippen LogP contribution in [-0.2, 0) is 11.2 Å². The lowest BCUT2D eigenvalue weighted by molar-refractivity contribution is 0.0708. The van der Waals surface area contributed by atoms with E-state index >= 15 is 0 Å². The highest BCUT2D eigenvalue weighted by molar-refractivity contribution is 5.94. The highest BCUT2D eigenvalue weighted by atomic mass is 16.7. The molecule has 9 nitrogen and oxygen atoms in total. The Labute approximate surface area is 204 Å². The summed E-state index contributed by atoms with van der Waals surface area (Å²) in [6.45, 7) is 2.14. The van der Waals surface area contributed by atoms with Gasteiger partial charge in [-0.25, -0.2) is 9.79 Å². The van der Waals surface area contributed by atoms with Gasteiger partial charge in [-0.15, -0.1) is 0 Å². The zero-order valence-electron chi connectivity index (χ0n) is 19.7. The number of aromatic nitrogens is 1. The second-order valence-electron chi connectivity index (χ2n) is 9.21. The van der Waals surface area contributed by atoms with Crippen molar-refractivity contribution in [2.75, 3.05) is 31.6 Å². The number of carbonyl (C=O) groups is 2. The lowest BCUT2D eigenvalue weighted by atomic mass is 10.00. The fourth-order valence-corrected chi connectivity index (χ4v) is 5.32. The van der Waals surface area contributed by atoms with E-state index in [1.165, 1.54) is 17.5 Å². The molecule has 1 atom stereocenters. The number of fused-ring (bicyclic) bond motifs is 1. The Morgan fingerprint density at radius 1 is 1.11 bits per heavy atom. The number of hydrogen-bond donors (Lipinski definition) is 1. The number of nitrogens with zero attached hydrogens (tertiary/aromatic N) is 5. The maximum atomic E-state index is 13.4. The van der Waals surface area contributed by atoms with Gasteiger partial charge >= 0.3 is 6.16 Å². The van der Waals surface area contributed by atoms with Gasteiger partial charge in [0, 0.05) is 49.8 Å². The first-order valence-electron chi connectivity index (χ1n) is 11.9. The van der Waals surface area contributed by atoms with E-state index in [-0.39, 0.29) is 18.0 Å². The van der Waals surface area contributed by atoms with Crippen molar-refractivity contribution >= 4 is 24.1 Å². The van der Waals surface area contributed by atoms with Crippen LogP contribution in [0.4, 0.5) is 10.5 Å². The molecule has 1 aromatic heterocycles. The Hall–Kier alpha value is -3.88. The van der Waals surface area contributed by atoms with Crippen LogP contribution in [0.25, 0.3) is 0 Å². The molecule has 1 amide bonds. The molecule has 3 heterocycles. The number of amides is 1. The highest BCUT2D eigenvalue weighted by Gasteiger charge is 2.31. The molecule has 1 N–H and O–H groups in total. The Bertz CT molecular complexity index is 1160. The van der Waals surface area contributed by atoms with Crippen molar-refractivity contribution in [3.8, 4) is 0 Å². The summed E-state index contributed by atoms with van der Waals surface area (Å²) in [6.07, 6.45) is 9.03. The number of hydrogen-bond acceptors (Lipinski definition) is 7. The Morgan fingerprint density at radius 2 is 1.89 bits per heavy atom. The quantitative estimate of drug-likeness (QED) is 0.659. The molecule has 0 saturated carbocycles. The van der Waals surface area contributed by atoms with Crippen LogP contribution in [0.1, 0.15) is 46.8 Å². The van der Waals surface area contributed by atoms with Gasteiger partial charge in [0.2, 0.25) is 0 Å². The topological polar surface area (TPSA) is 98.6 Å². The maximum absolute atomic E-state index is 13.4. The summed E-state index contributed by atoms with van der Waals surface area (Å²) in [7, 11) is 1.90. The largest absolute Gasteiger partial charge is 0.511 e. The lowest BCUT2D eigenvalue weighted by Gasteiger charge is -2.38. The number of carbonyl (C=O) groups excluding carboxylic acids is 1. The van der Waals surface area contributed by atoms with Gasteiger partial charge in [0.25, 0.3) is 5.91 Å². The summed E-state index contributed by atoms with van der Waals surface area (Å²) in [5.74, 6) is 0.321. The van der Waals surface area contributed by atoms with Gasteiger partial charge in [-0.1, -0.05) is 6.07 Å². The van der Waals surface area contributed by atoms with Crippen LogP contribution in [-0.4, -0.2) is 71.0 Å². The summed E-state index contributed by atoms with van der Waals surface area (Å²) in [5.41, 5.74) is 4.16. The molecule has 5 rings (SSSR count). The molecule has 1 fully saturated rings. The first kappa shape index (κ1) is 22.9. The van der Waals surface area contributed by atoms with E-state index in [0.29, 0.717) is 17.9 Å². The average Bonchev–Trinajstić information content (AvgIpc) is 3.31. The summed E-state index contributed by atoms with van der Waals surface area (Å²) in [5, 5.41) is 8.92. The third kappa shape index (κ3) is 4.84. The summed E-state index contributed by atoms with van der Waals surface area (Å²) in [6, 6.07) is 10.2. The van der Waals surface area contributed by atoms with Crippen molar-refractivity contribution in [3.05, 3.63) is 71.4 Å². The number of pyridine rings is 1. The zero-order chi connectivity index (χ0) is 24.4.